The van der Waals surface area contributed by atoms with Gasteiger partial charge in [-0.1, -0.05) is 6.92 Å². The maximum Gasteiger partial charge on any atom is 0.508 e. The van der Waals surface area contributed by atoms with Gasteiger partial charge in [0.2, 0.25) is 0 Å². The van der Waals surface area contributed by atoms with Crippen molar-refractivity contribution in [2.24, 2.45) is 0 Å². The standard InChI is InChI=1S/C5H8O3.C4H7NO/c1-2-4-3-7-5(6)8-4;1-6-4-2-3-5/h4H,2-3H2,1H3;2,4H2,1H3. The highest BCUT2D eigenvalue weighted by Crippen LogP contribution is 2.07. The number of nitriles is 1. The van der Waals surface area contributed by atoms with Crippen LogP contribution in [0.4, 0.5) is 4.79 Å². The highest BCUT2D eigenvalue weighted by atomic mass is 16.8. The number of carbonyl (C=O) groups excluding carboxylic acids is 1. The number of rotatable bonds is 3. The summed E-state index contributed by atoms with van der Waals surface area (Å²) in [6, 6.07) is 1.94. The van der Waals surface area contributed by atoms with E-state index in [1.807, 2.05) is 13.0 Å². The van der Waals surface area contributed by atoms with E-state index in [0.29, 0.717) is 19.6 Å². The third kappa shape index (κ3) is 6.26. The van der Waals surface area contributed by atoms with Gasteiger partial charge in [0.05, 0.1) is 19.1 Å². The third-order valence-electron chi connectivity index (χ3n) is 1.52. The van der Waals surface area contributed by atoms with E-state index in [1.54, 1.807) is 7.11 Å². The fourth-order valence-corrected chi connectivity index (χ4v) is 0.714. The normalized spacial score (nSPS) is 18.6. The van der Waals surface area contributed by atoms with Crippen molar-refractivity contribution in [3.8, 4) is 6.07 Å². The molecule has 5 heteroatoms. The minimum Gasteiger partial charge on any atom is -0.430 e. The summed E-state index contributed by atoms with van der Waals surface area (Å²) in [6.45, 7) is 2.93. The predicted molar refractivity (Wildman–Crippen MR) is 48.6 cm³/mol. The molecule has 1 saturated heterocycles. The van der Waals surface area contributed by atoms with Gasteiger partial charge >= 0.3 is 6.16 Å². The van der Waals surface area contributed by atoms with E-state index in [1.165, 1.54) is 0 Å². The average Bonchev–Trinajstić information content (AvgIpc) is 2.62. The molecule has 0 N–H and O–H groups in total. The Bertz CT molecular complexity index is 199. The van der Waals surface area contributed by atoms with Gasteiger partial charge in [0.15, 0.2) is 0 Å². The lowest BCUT2D eigenvalue weighted by Crippen LogP contribution is -2.06. The molecule has 1 rings (SSSR count). The summed E-state index contributed by atoms with van der Waals surface area (Å²) in [5.74, 6) is 0. The van der Waals surface area contributed by atoms with Gasteiger partial charge in [0.1, 0.15) is 12.7 Å². The maximum atomic E-state index is 10.2. The Morgan fingerprint density at radius 2 is 2.43 bits per heavy atom. The molecular weight excluding hydrogens is 186 g/mol. The first-order valence-electron chi connectivity index (χ1n) is 4.43. The monoisotopic (exact) mass is 201 g/mol. The Kier molecular flexibility index (Phi) is 7.56. The lowest BCUT2D eigenvalue weighted by molar-refractivity contribution is 0.117. The molecule has 0 amide bonds. The van der Waals surface area contributed by atoms with Crippen molar-refractivity contribution in [1.82, 2.24) is 0 Å². The van der Waals surface area contributed by atoms with Gasteiger partial charge in [-0.15, -0.1) is 0 Å². The van der Waals surface area contributed by atoms with Crippen LogP contribution in [0.25, 0.3) is 0 Å². The van der Waals surface area contributed by atoms with E-state index >= 15 is 0 Å². The number of ether oxygens (including phenoxy) is 3. The number of hydrogen-bond acceptors (Lipinski definition) is 5. The van der Waals surface area contributed by atoms with E-state index in [0.717, 1.165) is 6.42 Å². The summed E-state index contributed by atoms with van der Waals surface area (Å²) in [6.07, 6.45) is 0.807. The molecule has 0 spiro atoms. The van der Waals surface area contributed by atoms with Gasteiger partial charge in [-0.2, -0.15) is 5.26 Å². The van der Waals surface area contributed by atoms with Crippen LogP contribution in [-0.2, 0) is 14.2 Å². The molecule has 0 saturated carbocycles. The molecular formula is C9H15NO4. The second-order valence-corrected chi connectivity index (χ2v) is 2.61. The molecule has 0 aromatic rings. The molecule has 1 aliphatic rings. The quantitative estimate of drug-likeness (QED) is 0.511. The first-order valence-corrected chi connectivity index (χ1v) is 4.43. The zero-order chi connectivity index (χ0) is 10.8. The second kappa shape index (κ2) is 8.32. The number of methoxy groups -OCH3 is 1. The number of nitrogens with zero attached hydrogens (tertiary/aromatic N) is 1. The summed E-state index contributed by atoms with van der Waals surface area (Å²) < 4.78 is 13.7. The zero-order valence-corrected chi connectivity index (χ0v) is 8.49. The first kappa shape index (κ1) is 12.7. The Labute approximate surface area is 83.6 Å². The Balaban J connectivity index is 0.000000255. The van der Waals surface area contributed by atoms with Crippen LogP contribution in [0.2, 0.25) is 0 Å². The van der Waals surface area contributed by atoms with Gasteiger partial charge < -0.3 is 14.2 Å². The van der Waals surface area contributed by atoms with Crippen molar-refractivity contribution < 1.29 is 19.0 Å². The molecule has 0 radical (unpaired) electrons. The molecule has 1 aliphatic heterocycles. The van der Waals surface area contributed by atoms with Gasteiger partial charge in [0.25, 0.3) is 0 Å². The van der Waals surface area contributed by atoms with E-state index in [-0.39, 0.29) is 6.10 Å². The van der Waals surface area contributed by atoms with Crippen LogP contribution in [0.3, 0.4) is 0 Å². The van der Waals surface area contributed by atoms with E-state index in [9.17, 15) is 4.79 Å². The summed E-state index contributed by atoms with van der Waals surface area (Å²) >= 11 is 0. The predicted octanol–water partition coefficient (Wildman–Crippen LogP) is 1.48. The Hall–Kier alpha value is -1.28. The fourth-order valence-electron chi connectivity index (χ4n) is 0.714. The molecule has 0 aliphatic carbocycles. The lowest BCUT2D eigenvalue weighted by atomic mass is 10.3. The van der Waals surface area contributed by atoms with Crippen molar-refractivity contribution in [3.63, 3.8) is 0 Å². The summed E-state index contributed by atoms with van der Waals surface area (Å²) in [5, 5.41) is 7.87. The van der Waals surface area contributed by atoms with Crippen LogP contribution >= 0.6 is 0 Å². The average molecular weight is 201 g/mol. The van der Waals surface area contributed by atoms with Gasteiger partial charge in [0, 0.05) is 7.11 Å². The van der Waals surface area contributed by atoms with Crippen LogP contribution in [-0.4, -0.2) is 32.6 Å². The van der Waals surface area contributed by atoms with Crippen molar-refractivity contribution >= 4 is 6.16 Å². The Morgan fingerprint density at radius 1 is 1.71 bits per heavy atom. The smallest absolute Gasteiger partial charge is 0.430 e. The molecule has 1 atom stereocenters. The second-order valence-electron chi connectivity index (χ2n) is 2.61. The summed E-state index contributed by atoms with van der Waals surface area (Å²) in [7, 11) is 1.58. The molecule has 80 valence electrons. The SMILES string of the molecule is CCC1COC(=O)O1.COCCC#N. The van der Waals surface area contributed by atoms with Crippen LogP contribution in [0, 0.1) is 11.3 Å². The van der Waals surface area contributed by atoms with Crippen LogP contribution in [0.1, 0.15) is 19.8 Å². The topological polar surface area (TPSA) is 68.6 Å². The lowest BCUT2D eigenvalue weighted by Gasteiger charge is -1.97. The molecule has 1 unspecified atom stereocenters. The van der Waals surface area contributed by atoms with Crippen LogP contribution in [0.15, 0.2) is 0 Å². The minimum atomic E-state index is -0.531. The fraction of sp³-hybridized carbons (Fsp3) is 0.778. The van der Waals surface area contributed by atoms with Crippen LogP contribution in [0.5, 0.6) is 0 Å². The van der Waals surface area contributed by atoms with E-state index < -0.39 is 6.16 Å². The molecule has 0 aromatic heterocycles. The van der Waals surface area contributed by atoms with Crippen molar-refractivity contribution in [1.29, 1.82) is 5.26 Å². The number of carbonyl (C=O) groups is 1. The molecule has 1 heterocycles. The third-order valence-corrected chi connectivity index (χ3v) is 1.52. The molecule has 1 fully saturated rings. The largest absolute Gasteiger partial charge is 0.508 e. The van der Waals surface area contributed by atoms with E-state index in [4.69, 9.17) is 5.26 Å². The highest BCUT2D eigenvalue weighted by Gasteiger charge is 2.22. The minimum absolute atomic E-state index is 0.00231. The molecule has 5 nitrogen and oxygen atoms in total. The van der Waals surface area contributed by atoms with Crippen LogP contribution < -0.4 is 0 Å². The number of cyclic esters (lactones) is 2. The van der Waals surface area contributed by atoms with Gasteiger partial charge in [-0.25, -0.2) is 4.79 Å². The molecule has 14 heavy (non-hydrogen) atoms. The summed E-state index contributed by atoms with van der Waals surface area (Å²) in [4.78, 5) is 10.2. The highest BCUT2D eigenvalue weighted by molar-refractivity contribution is 5.61. The molecule has 0 bridgehead atoms. The summed E-state index contributed by atoms with van der Waals surface area (Å²) in [5.41, 5.74) is 0. The van der Waals surface area contributed by atoms with Crippen molar-refractivity contribution in [3.05, 3.63) is 0 Å². The zero-order valence-electron chi connectivity index (χ0n) is 8.49. The van der Waals surface area contributed by atoms with Gasteiger partial charge in [-0.05, 0) is 6.42 Å². The van der Waals surface area contributed by atoms with Gasteiger partial charge in [-0.3, -0.25) is 0 Å². The molecule has 0 aromatic carbocycles. The maximum absolute atomic E-state index is 10.2. The van der Waals surface area contributed by atoms with Crippen molar-refractivity contribution in [2.45, 2.75) is 25.9 Å². The first-order chi connectivity index (χ1) is 6.74. The van der Waals surface area contributed by atoms with E-state index in [2.05, 4.69) is 14.2 Å². The number of hydrogen-bond donors (Lipinski definition) is 0. The van der Waals surface area contributed by atoms with Crippen molar-refractivity contribution in [2.75, 3.05) is 20.3 Å². The Morgan fingerprint density at radius 3 is 2.64 bits per heavy atom.